The second-order valence-corrected chi connectivity index (χ2v) is 13.3. The summed E-state index contributed by atoms with van der Waals surface area (Å²) in [4.78, 5) is -1.58. The van der Waals surface area contributed by atoms with Gasteiger partial charge in [0.05, 0.1) is 27.5 Å². The SMILES string of the molecule is O=S(=O)([O-])O.[CH2-]CS(=O)(=O)c1cc(OC)c(N=Nc2c(N)c(S(=O)(=O)[O-])cc3cc(S(=O)(=O)[O-])ccc23)cc1C.[Na+].[Na+].[Na+]. The van der Waals surface area contributed by atoms with E-state index in [9.17, 15) is 34.4 Å². The van der Waals surface area contributed by atoms with E-state index >= 15 is 0 Å². The van der Waals surface area contributed by atoms with Crippen LogP contribution in [0.25, 0.3) is 10.8 Å². The second-order valence-electron chi connectivity index (χ2n) is 7.66. The first kappa shape index (κ1) is 44.9. The average Bonchev–Trinajstić information content (AvgIpc) is 2.80. The minimum atomic E-state index is -5.12. The Morgan fingerprint density at radius 1 is 0.860 bits per heavy atom. The van der Waals surface area contributed by atoms with Crippen LogP contribution in [0.3, 0.4) is 0 Å². The summed E-state index contributed by atoms with van der Waals surface area (Å²) in [5, 5.41) is 7.94. The Morgan fingerprint density at radius 2 is 1.40 bits per heavy atom. The van der Waals surface area contributed by atoms with Gasteiger partial charge in [-0.15, -0.1) is 10.2 Å². The number of azo groups is 1. The quantitative estimate of drug-likeness (QED) is 0.0577. The summed E-state index contributed by atoms with van der Waals surface area (Å²) in [6, 6.07) is 6.45. The van der Waals surface area contributed by atoms with Crippen LogP contribution in [0.4, 0.5) is 17.1 Å². The van der Waals surface area contributed by atoms with Crippen molar-refractivity contribution in [2.45, 2.75) is 21.6 Å². The first-order valence-electron chi connectivity index (χ1n) is 10.2. The normalized spacial score (nSPS) is 11.9. The van der Waals surface area contributed by atoms with Crippen LogP contribution in [0.15, 0.2) is 61.3 Å². The summed E-state index contributed by atoms with van der Waals surface area (Å²) < 4.78 is 132. The average molecular weight is 707 g/mol. The standard InChI is InChI=1S/C20H20N3O9S3.3Na.H2O4S/c1-4-33(24,25)17-10-16(32-3)15(7-11(17)2)22-23-20-14-6-5-13(34(26,27)28)8-12(14)9-18(19(20)21)35(29,30)31;;;;1-5(2,3)4/h5-10H,1,4,21H2,2-3H3,(H,26,27,28)(H,29,30,31);;;;(H2,1,2,3,4)/q-1;3*+1;/p-3. The molecule has 43 heavy (non-hydrogen) atoms. The molecule has 16 nitrogen and oxygen atoms in total. The van der Waals surface area contributed by atoms with E-state index in [-0.39, 0.29) is 121 Å². The fraction of sp³-hybridized carbons (Fsp3) is 0.150. The number of hydrogen-bond donors (Lipinski definition) is 2. The molecular formula is C20H19N3Na3O13S4-. The third-order valence-corrected chi connectivity index (χ3v) is 8.34. The zero-order chi connectivity index (χ0) is 30.8. The number of nitrogens with two attached hydrogens (primary N) is 1. The number of nitrogens with zero attached hydrogens (tertiary/aromatic N) is 2. The van der Waals surface area contributed by atoms with Crippen LogP contribution in [0.2, 0.25) is 0 Å². The Morgan fingerprint density at radius 3 is 1.84 bits per heavy atom. The molecule has 3 N–H and O–H groups in total. The molecule has 0 aliphatic carbocycles. The van der Waals surface area contributed by atoms with E-state index in [1.807, 2.05) is 0 Å². The predicted molar refractivity (Wildman–Crippen MR) is 136 cm³/mol. The van der Waals surface area contributed by atoms with Gasteiger partial charge in [-0.1, -0.05) is 11.8 Å². The molecule has 0 spiro atoms. The Labute approximate surface area is 314 Å². The van der Waals surface area contributed by atoms with Crippen LogP contribution in [-0.4, -0.2) is 64.7 Å². The molecular weight excluding hydrogens is 687 g/mol. The van der Waals surface area contributed by atoms with Gasteiger partial charge in [0.1, 0.15) is 37.4 Å². The van der Waals surface area contributed by atoms with Crippen LogP contribution in [-0.2, 0) is 40.5 Å². The number of anilines is 1. The molecule has 0 radical (unpaired) electrons. The van der Waals surface area contributed by atoms with E-state index in [4.69, 9.17) is 28.0 Å². The number of rotatable bonds is 7. The number of hydrogen-bond acceptors (Lipinski definition) is 15. The minimum absolute atomic E-state index is 0. The van der Waals surface area contributed by atoms with Crippen molar-refractivity contribution in [2.24, 2.45) is 10.2 Å². The van der Waals surface area contributed by atoms with Crippen molar-refractivity contribution in [3.05, 3.63) is 48.9 Å². The van der Waals surface area contributed by atoms with E-state index in [0.717, 1.165) is 18.2 Å². The van der Waals surface area contributed by atoms with Crippen LogP contribution >= 0.6 is 0 Å². The molecule has 0 aromatic heterocycles. The minimum Gasteiger partial charge on any atom is -0.744 e. The molecule has 0 amide bonds. The van der Waals surface area contributed by atoms with Gasteiger partial charge in [-0.25, -0.2) is 33.7 Å². The van der Waals surface area contributed by atoms with Crippen molar-refractivity contribution in [3.63, 3.8) is 0 Å². The van der Waals surface area contributed by atoms with Gasteiger partial charge in [0.2, 0.25) is 10.4 Å². The zero-order valence-corrected chi connectivity index (χ0v) is 32.6. The first-order chi connectivity index (χ1) is 18.1. The molecule has 0 saturated carbocycles. The predicted octanol–water partition coefficient (Wildman–Crippen LogP) is -7.41. The van der Waals surface area contributed by atoms with Gasteiger partial charge in [0.15, 0.2) is 9.84 Å². The molecule has 0 aliphatic rings. The second kappa shape index (κ2) is 17.1. The Bertz CT molecular complexity index is 1940. The first-order valence-corrected chi connectivity index (χ1v) is 16.0. The maximum atomic E-state index is 12.3. The van der Waals surface area contributed by atoms with E-state index in [1.54, 1.807) is 0 Å². The van der Waals surface area contributed by atoms with Gasteiger partial charge < -0.3 is 31.1 Å². The number of aryl methyl sites for hydroxylation is 1. The molecule has 0 aliphatic heterocycles. The number of benzene rings is 3. The van der Waals surface area contributed by atoms with Gasteiger partial charge in [-0.3, -0.25) is 4.55 Å². The molecule has 0 bridgehead atoms. The fourth-order valence-corrected chi connectivity index (χ4v) is 5.47. The molecule has 23 heteroatoms. The summed E-state index contributed by atoms with van der Waals surface area (Å²) in [5.74, 6) is -0.376. The molecule has 0 saturated heterocycles. The van der Waals surface area contributed by atoms with Crippen molar-refractivity contribution in [2.75, 3.05) is 18.6 Å². The third-order valence-electron chi connectivity index (χ3n) is 4.98. The molecule has 3 aromatic rings. The number of sulfone groups is 1. The van der Waals surface area contributed by atoms with Gasteiger partial charge in [0, 0.05) is 11.5 Å². The Hall–Kier alpha value is -0.240. The van der Waals surface area contributed by atoms with Crippen molar-refractivity contribution >= 4 is 68.3 Å². The Kier molecular flexibility index (Phi) is 17.8. The molecule has 3 rings (SSSR count). The molecule has 0 unspecified atom stereocenters. The van der Waals surface area contributed by atoms with Gasteiger partial charge >= 0.3 is 88.7 Å². The maximum Gasteiger partial charge on any atom is 1.00 e. The van der Waals surface area contributed by atoms with Crippen LogP contribution < -0.4 is 99.1 Å². The molecule has 0 atom stereocenters. The van der Waals surface area contributed by atoms with Gasteiger partial charge in [-0.2, -0.15) is 0 Å². The summed E-state index contributed by atoms with van der Waals surface area (Å²) in [5.41, 5.74) is 5.41. The monoisotopic (exact) mass is 706 g/mol. The number of methoxy groups -OCH3 is 1. The third kappa shape index (κ3) is 12.5. The fourth-order valence-electron chi connectivity index (χ4n) is 3.27. The van der Waals surface area contributed by atoms with Crippen molar-refractivity contribution in [1.29, 1.82) is 0 Å². The zero-order valence-electron chi connectivity index (χ0n) is 23.3. The summed E-state index contributed by atoms with van der Waals surface area (Å²) in [7, 11) is -17.3. The van der Waals surface area contributed by atoms with E-state index in [2.05, 4.69) is 17.2 Å². The van der Waals surface area contributed by atoms with Crippen LogP contribution in [0.5, 0.6) is 5.75 Å². The summed E-state index contributed by atoms with van der Waals surface area (Å²) in [6.45, 7) is 4.91. The summed E-state index contributed by atoms with van der Waals surface area (Å²) in [6.07, 6.45) is 0. The van der Waals surface area contributed by atoms with Crippen molar-refractivity contribution < 1.29 is 145 Å². The van der Waals surface area contributed by atoms with Crippen LogP contribution in [0, 0.1) is 13.8 Å². The number of ether oxygens (including phenoxy) is 1. The number of fused-ring (bicyclic) bond motifs is 1. The molecule has 220 valence electrons. The maximum absolute atomic E-state index is 12.3. The largest absolute Gasteiger partial charge is 1.00 e. The summed E-state index contributed by atoms with van der Waals surface area (Å²) >= 11 is 0. The van der Waals surface area contributed by atoms with Crippen molar-refractivity contribution in [1.82, 2.24) is 0 Å². The smallest absolute Gasteiger partial charge is 0.744 e. The van der Waals surface area contributed by atoms with E-state index in [0.29, 0.717) is 5.56 Å². The van der Waals surface area contributed by atoms with Gasteiger partial charge in [0.25, 0.3) is 0 Å². The Balaban J connectivity index is 0. The van der Waals surface area contributed by atoms with E-state index in [1.165, 1.54) is 32.2 Å². The molecule has 3 aromatic carbocycles. The topological polar surface area (TPSA) is 286 Å². The number of nitrogen functional groups attached to an aromatic ring is 1. The molecule has 0 heterocycles. The van der Waals surface area contributed by atoms with Crippen molar-refractivity contribution in [3.8, 4) is 5.75 Å². The van der Waals surface area contributed by atoms with Gasteiger partial charge in [-0.05, 0) is 42.1 Å². The van der Waals surface area contributed by atoms with E-state index < -0.39 is 61.7 Å². The van der Waals surface area contributed by atoms with Crippen LogP contribution in [0.1, 0.15) is 5.56 Å². The molecule has 0 fully saturated rings.